The van der Waals surface area contributed by atoms with Gasteiger partial charge >= 0.3 is 0 Å². The molecule has 0 unspecified atom stereocenters. The minimum absolute atomic E-state index is 0.125. The van der Waals surface area contributed by atoms with E-state index in [0.29, 0.717) is 17.5 Å². The molecule has 0 radical (unpaired) electrons. The number of nitrogens with zero attached hydrogens (tertiary/aromatic N) is 3. The maximum Gasteiger partial charge on any atom is 0.227 e. The van der Waals surface area contributed by atoms with Gasteiger partial charge in [0.05, 0.1) is 0 Å². The van der Waals surface area contributed by atoms with Crippen LogP contribution < -0.4 is 16.0 Å². The summed E-state index contributed by atoms with van der Waals surface area (Å²) >= 11 is 0. The maximum atomic E-state index is 12.3. The highest BCUT2D eigenvalue weighted by molar-refractivity contribution is 5.92. The Hall–Kier alpha value is -3.48. The van der Waals surface area contributed by atoms with Crippen molar-refractivity contribution in [2.45, 2.75) is 32.6 Å². The Balaban J connectivity index is 1.41. The average Bonchev–Trinajstić information content (AvgIpc) is 3.25. The van der Waals surface area contributed by atoms with Crippen molar-refractivity contribution in [3.63, 3.8) is 0 Å². The molecule has 2 aromatic heterocycles. The van der Waals surface area contributed by atoms with Crippen LogP contribution in [0.3, 0.4) is 0 Å². The number of carbonyl (C=O) groups is 1. The number of nitrogens with one attached hydrogen (secondary N) is 3. The first-order chi connectivity index (χ1) is 14.2. The van der Waals surface area contributed by atoms with E-state index in [1.807, 2.05) is 55.5 Å². The van der Waals surface area contributed by atoms with Gasteiger partial charge in [-0.2, -0.15) is 0 Å². The van der Waals surface area contributed by atoms with Gasteiger partial charge in [0.1, 0.15) is 23.3 Å². The third-order valence-corrected chi connectivity index (χ3v) is 4.91. The number of hydrogen-bond donors (Lipinski definition) is 3. The highest BCUT2D eigenvalue weighted by atomic mass is 16.1. The van der Waals surface area contributed by atoms with E-state index in [-0.39, 0.29) is 11.8 Å². The van der Waals surface area contributed by atoms with Crippen LogP contribution in [-0.4, -0.2) is 20.9 Å². The lowest BCUT2D eigenvalue weighted by Crippen LogP contribution is -2.20. The van der Waals surface area contributed by atoms with E-state index >= 15 is 0 Å². The van der Waals surface area contributed by atoms with Crippen LogP contribution in [0.25, 0.3) is 0 Å². The monoisotopic (exact) mass is 388 g/mol. The fourth-order valence-corrected chi connectivity index (χ4v) is 3.48. The SMILES string of the molecule is Cc1nc(Nc2ccc(NC(=O)C3CCCC3)cc2)cc(Nc2ccccn2)n1. The van der Waals surface area contributed by atoms with E-state index in [1.165, 1.54) is 0 Å². The number of benzene rings is 1. The summed E-state index contributed by atoms with van der Waals surface area (Å²) in [5.74, 6) is 2.99. The van der Waals surface area contributed by atoms with E-state index in [4.69, 9.17) is 0 Å². The van der Waals surface area contributed by atoms with Crippen molar-refractivity contribution in [2.24, 2.45) is 5.92 Å². The lowest BCUT2D eigenvalue weighted by Gasteiger charge is -2.12. The lowest BCUT2D eigenvalue weighted by molar-refractivity contribution is -0.119. The summed E-state index contributed by atoms with van der Waals surface area (Å²) in [6.07, 6.45) is 6.01. The standard InChI is InChI=1S/C22H24N6O/c1-15-24-20(14-21(25-15)28-19-8-4-5-13-23-19)26-17-9-11-18(12-10-17)27-22(29)16-6-2-3-7-16/h4-5,8-14,16H,2-3,6-7H2,1H3,(H,27,29)(H2,23,24,25,26,28). The number of pyridine rings is 1. The Bertz CT molecular complexity index is 968. The van der Waals surface area contributed by atoms with Gasteiger partial charge in [-0.15, -0.1) is 0 Å². The highest BCUT2D eigenvalue weighted by Crippen LogP contribution is 2.26. The van der Waals surface area contributed by atoms with Crippen molar-refractivity contribution in [1.29, 1.82) is 0 Å². The second kappa shape index (κ2) is 8.68. The van der Waals surface area contributed by atoms with Crippen LogP contribution in [-0.2, 0) is 4.79 Å². The molecular weight excluding hydrogens is 364 g/mol. The van der Waals surface area contributed by atoms with Gasteiger partial charge in [0, 0.05) is 29.6 Å². The highest BCUT2D eigenvalue weighted by Gasteiger charge is 2.22. The van der Waals surface area contributed by atoms with Crippen LogP contribution in [0.4, 0.5) is 28.8 Å². The number of rotatable bonds is 6. The van der Waals surface area contributed by atoms with E-state index in [2.05, 4.69) is 30.9 Å². The van der Waals surface area contributed by atoms with Gasteiger partial charge in [-0.1, -0.05) is 18.9 Å². The number of hydrogen-bond acceptors (Lipinski definition) is 6. The number of anilines is 5. The quantitative estimate of drug-likeness (QED) is 0.562. The molecule has 4 rings (SSSR count). The summed E-state index contributed by atoms with van der Waals surface area (Å²) in [4.78, 5) is 25.4. The van der Waals surface area contributed by atoms with Gasteiger partial charge in [-0.05, 0) is 56.2 Å². The van der Waals surface area contributed by atoms with Crippen LogP contribution >= 0.6 is 0 Å². The van der Waals surface area contributed by atoms with Crippen LogP contribution in [0.1, 0.15) is 31.5 Å². The van der Waals surface area contributed by atoms with Crippen LogP contribution in [0.15, 0.2) is 54.7 Å². The molecule has 7 nitrogen and oxygen atoms in total. The predicted molar refractivity (Wildman–Crippen MR) is 115 cm³/mol. The van der Waals surface area contributed by atoms with Gasteiger partial charge in [0.25, 0.3) is 0 Å². The summed E-state index contributed by atoms with van der Waals surface area (Å²) in [5.41, 5.74) is 1.69. The van der Waals surface area contributed by atoms with Gasteiger partial charge in [0.2, 0.25) is 5.91 Å². The molecule has 3 aromatic rings. The minimum atomic E-state index is 0.125. The number of carbonyl (C=O) groups excluding carboxylic acids is 1. The topological polar surface area (TPSA) is 91.8 Å². The zero-order valence-electron chi connectivity index (χ0n) is 16.4. The molecule has 3 N–H and O–H groups in total. The van der Waals surface area contributed by atoms with Crippen molar-refractivity contribution in [1.82, 2.24) is 15.0 Å². The molecule has 1 aliphatic rings. The molecule has 0 atom stereocenters. The Morgan fingerprint density at radius 2 is 1.59 bits per heavy atom. The van der Waals surface area contributed by atoms with Gasteiger partial charge in [-0.3, -0.25) is 4.79 Å². The molecule has 1 amide bonds. The molecule has 1 aliphatic carbocycles. The molecule has 1 saturated carbocycles. The molecule has 1 aromatic carbocycles. The third kappa shape index (κ3) is 5.07. The summed E-state index contributed by atoms with van der Waals surface area (Å²) in [5, 5.41) is 9.47. The molecule has 1 fully saturated rings. The van der Waals surface area contributed by atoms with E-state index in [9.17, 15) is 4.79 Å². The number of aromatic nitrogens is 3. The van der Waals surface area contributed by atoms with Crippen molar-refractivity contribution in [3.8, 4) is 0 Å². The fraction of sp³-hybridized carbons (Fsp3) is 0.273. The summed E-state index contributed by atoms with van der Waals surface area (Å²) in [6, 6.07) is 15.1. The van der Waals surface area contributed by atoms with Gasteiger partial charge in [0.15, 0.2) is 0 Å². The van der Waals surface area contributed by atoms with Crippen molar-refractivity contribution < 1.29 is 4.79 Å². The first kappa shape index (κ1) is 18.9. The molecule has 29 heavy (non-hydrogen) atoms. The number of amides is 1. The second-order valence-corrected chi connectivity index (χ2v) is 7.20. The van der Waals surface area contributed by atoms with Gasteiger partial charge in [-0.25, -0.2) is 15.0 Å². The van der Waals surface area contributed by atoms with Crippen molar-refractivity contribution in [3.05, 3.63) is 60.6 Å². The van der Waals surface area contributed by atoms with E-state index in [0.717, 1.165) is 42.9 Å². The Kier molecular flexibility index (Phi) is 5.65. The first-order valence-electron chi connectivity index (χ1n) is 9.87. The Labute approximate surface area is 170 Å². The molecule has 0 aliphatic heterocycles. The molecule has 7 heteroatoms. The lowest BCUT2D eigenvalue weighted by atomic mass is 10.1. The van der Waals surface area contributed by atoms with Crippen LogP contribution in [0.5, 0.6) is 0 Å². The molecule has 0 spiro atoms. The maximum absolute atomic E-state index is 12.3. The Morgan fingerprint density at radius 1 is 0.897 bits per heavy atom. The van der Waals surface area contributed by atoms with E-state index in [1.54, 1.807) is 6.20 Å². The van der Waals surface area contributed by atoms with E-state index < -0.39 is 0 Å². The zero-order chi connectivity index (χ0) is 20.1. The molecule has 0 saturated heterocycles. The van der Waals surface area contributed by atoms with Crippen molar-refractivity contribution >= 4 is 34.7 Å². The average molecular weight is 388 g/mol. The Morgan fingerprint density at radius 3 is 2.28 bits per heavy atom. The third-order valence-electron chi connectivity index (χ3n) is 4.91. The largest absolute Gasteiger partial charge is 0.340 e. The fourth-order valence-electron chi connectivity index (χ4n) is 3.48. The number of aryl methyl sites for hydroxylation is 1. The van der Waals surface area contributed by atoms with Crippen molar-refractivity contribution in [2.75, 3.05) is 16.0 Å². The summed E-state index contributed by atoms with van der Waals surface area (Å²) in [6.45, 7) is 1.84. The van der Waals surface area contributed by atoms with Crippen LogP contribution in [0, 0.1) is 12.8 Å². The molecule has 2 heterocycles. The minimum Gasteiger partial charge on any atom is -0.340 e. The molecule has 0 bridgehead atoms. The smallest absolute Gasteiger partial charge is 0.227 e. The predicted octanol–water partition coefficient (Wildman–Crippen LogP) is 4.80. The summed E-state index contributed by atoms with van der Waals surface area (Å²) in [7, 11) is 0. The molecular formula is C22H24N6O. The summed E-state index contributed by atoms with van der Waals surface area (Å²) < 4.78 is 0. The molecule has 148 valence electrons. The first-order valence-corrected chi connectivity index (χ1v) is 9.87. The zero-order valence-corrected chi connectivity index (χ0v) is 16.4. The second-order valence-electron chi connectivity index (χ2n) is 7.20. The van der Waals surface area contributed by atoms with Gasteiger partial charge < -0.3 is 16.0 Å². The van der Waals surface area contributed by atoms with Crippen LogP contribution in [0.2, 0.25) is 0 Å². The normalized spacial score (nSPS) is 13.8.